The predicted octanol–water partition coefficient (Wildman–Crippen LogP) is 3.02. The molecule has 0 amide bonds. The lowest BCUT2D eigenvalue weighted by Gasteiger charge is -2.07. The van der Waals surface area contributed by atoms with Crippen LogP contribution in [0.15, 0.2) is 48.5 Å². The maximum absolute atomic E-state index is 11.8. The van der Waals surface area contributed by atoms with Gasteiger partial charge in [-0.2, -0.15) is 0 Å². The van der Waals surface area contributed by atoms with Gasteiger partial charge in [0.15, 0.2) is 11.5 Å². The van der Waals surface area contributed by atoms with E-state index in [4.69, 9.17) is 19.3 Å². The monoisotopic (exact) mass is 328 g/mol. The molecular formula is C18H16O6. The van der Waals surface area contributed by atoms with Crippen LogP contribution in [-0.4, -0.2) is 31.3 Å². The number of hydrogen-bond acceptors (Lipinski definition) is 5. The van der Waals surface area contributed by atoms with E-state index < -0.39 is 11.9 Å². The van der Waals surface area contributed by atoms with Gasteiger partial charge in [-0.3, -0.25) is 0 Å². The van der Waals surface area contributed by atoms with Crippen molar-refractivity contribution < 1.29 is 28.9 Å². The van der Waals surface area contributed by atoms with Gasteiger partial charge in [-0.05, 0) is 48.0 Å². The number of benzene rings is 2. The van der Waals surface area contributed by atoms with Crippen LogP contribution in [0.3, 0.4) is 0 Å². The summed E-state index contributed by atoms with van der Waals surface area (Å²) in [6, 6.07) is 10.8. The van der Waals surface area contributed by atoms with Gasteiger partial charge in [0, 0.05) is 6.08 Å². The summed E-state index contributed by atoms with van der Waals surface area (Å²) in [4.78, 5) is 22.6. The van der Waals surface area contributed by atoms with Gasteiger partial charge in [0.05, 0.1) is 19.8 Å². The number of esters is 1. The zero-order chi connectivity index (χ0) is 17.5. The lowest BCUT2D eigenvalue weighted by molar-refractivity contribution is -0.128. The van der Waals surface area contributed by atoms with E-state index in [9.17, 15) is 9.59 Å². The van der Waals surface area contributed by atoms with Crippen molar-refractivity contribution >= 4 is 18.0 Å². The normalized spacial score (nSPS) is 10.4. The number of aromatic carboxylic acids is 1. The molecular weight excluding hydrogens is 312 g/mol. The number of carbonyl (C=O) groups is 2. The molecule has 1 N–H and O–H groups in total. The Hall–Kier alpha value is -3.28. The molecule has 2 aromatic carbocycles. The molecule has 6 heteroatoms. The number of rotatable bonds is 6. The Morgan fingerprint density at radius 2 is 1.62 bits per heavy atom. The molecule has 124 valence electrons. The summed E-state index contributed by atoms with van der Waals surface area (Å²) in [6.07, 6.45) is 2.85. The second kappa shape index (κ2) is 7.82. The van der Waals surface area contributed by atoms with Gasteiger partial charge in [-0.1, -0.05) is 6.07 Å². The second-order valence-electron chi connectivity index (χ2n) is 4.70. The minimum Gasteiger partial charge on any atom is -0.493 e. The van der Waals surface area contributed by atoms with Crippen LogP contribution >= 0.6 is 0 Å². The van der Waals surface area contributed by atoms with Crippen molar-refractivity contribution in [2.45, 2.75) is 0 Å². The molecule has 0 radical (unpaired) electrons. The third-order valence-corrected chi connectivity index (χ3v) is 3.14. The smallest absolute Gasteiger partial charge is 0.336 e. The first-order chi connectivity index (χ1) is 11.5. The molecule has 24 heavy (non-hydrogen) atoms. The Morgan fingerprint density at radius 3 is 2.21 bits per heavy atom. The minimum atomic E-state index is -1.04. The average Bonchev–Trinajstić information content (AvgIpc) is 2.60. The molecule has 0 bridgehead atoms. The first-order valence-corrected chi connectivity index (χ1v) is 6.98. The standard InChI is InChI=1S/C18H16O6/c1-22-15-9-3-12(11-16(15)23-2)4-10-17(19)24-14-7-5-13(6-8-14)18(20)21/h3-11H,1-2H3,(H,20,21)/b10-4+. The zero-order valence-electron chi connectivity index (χ0n) is 13.2. The Morgan fingerprint density at radius 1 is 0.958 bits per heavy atom. The number of carbonyl (C=O) groups excluding carboxylic acids is 1. The van der Waals surface area contributed by atoms with Crippen LogP contribution < -0.4 is 14.2 Å². The molecule has 0 saturated heterocycles. The lowest BCUT2D eigenvalue weighted by atomic mass is 10.2. The Balaban J connectivity index is 2.03. The molecule has 6 nitrogen and oxygen atoms in total. The van der Waals surface area contributed by atoms with E-state index in [1.165, 1.54) is 37.5 Å². The topological polar surface area (TPSA) is 82.1 Å². The van der Waals surface area contributed by atoms with E-state index in [2.05, 4.69) is 0 Å². The third-order valence-electron chi connectivity index (χ3n) is 3.14. The highest BCUT2D eigenvalue weighted by atomic mass is 16.5. The molecule has 0 aliphatic rings. The summed E-state index contributed by atoms with van der Waals surface area (Å²) < 4.78 is 15.4. The summed E-state index contributed by atoms with van der Waals surface area (Å²) >= 11 is 0. The van der Waals surface area contributed by atoms with Crippen molar-refractivity contribution in [2.24, 2.45) is 0 Å². The fourth-order valence-corrected chi connectivity index (χ4v) is 1.94. The van der Waals surface area contributed by atoms with Gasteiger partial charge in [0.1, 0.15) is 5.75 Å². The lowest BCUT2D eigenvalue weighted by Crippen LogP contribution is -2.04. The number of carboxylic acids is 1. The van der Waals surface area contributed by atoms with E-state index >= 15 is 0 Å². The molecule has 0 aromatic heterocycles. The van der Waals surface area contributed by atoms with Crippen LogP contribution in [-0.2, 0) is 4.79 Å². The number of hydrogen-bond donors (Lipinski definition) is 1. The van der Waals surface area contributed by atoms with Crippen molar-refractivity contribution in [3.63, 3.8) is 0 Å². The van der Waals surface area contributed by atoms with Gasteiger partial charge < -0.3 is 19.3 Å². The molecule has 0 heterocycles. The van der Waals surface area contributed by atoms with Gasteiger partial charge >= 0.3 is 11.9 Å². The summed E-state index contributed by atoms with van der Waals surface area (Å²) in [5.74, 6) is -0.205. The Kier molecular flexibility index (Phi) is 5.57. The summed E-state index contributed by atoms with van der Waals surface area (Å²) in [5, 5.41) is 8.81. The van der Waals surface area contributed by atoms with Crippen molar-refractivity contribution in [3.8, 4) is 17.2 Å². The molecule has 0 fully saturated rings. The Labute approximate surface area is 138 Å². The molecule has 0 spiro atoms. The number of ether oxygens (including phenoxy) is 3. The van der Waals surface area contributed by atoms with Crippen molar-refractivity contribution in [2.75, 3.05) is 14.2 Å². The first-order valence-electron chi connectivity index (χ1n) is 6.98. The largest absolute Gasteiger partial charge is 0.493 e. The van der Waals surface area contributed by atoms with Crippen LogP contribution in [0.5, 0.6) is 17.2 Å². The summed E-state index contributed by atoms with van der Waals surface area (Å²) in [6.45, 7) is 0. The highest BCUT2D eigenvalue weighted by Crippen LogP contribution is 2.28. The van der Waals surface area contributed by atoms with E-state index in [1.807, 2.05) is 0 Å². The second-order valence-corrected chi connectivity index (χ2v) is 4.70. The highest BCUT2D eigenvalue weighted by molar-refractivity contribution is 5.90. The van der Waals surface area contributed by atoms with E-state index in [1.54, 1.807) is 31.4 Å². The molecule has 0 saturated carbocycles. The zero-order valence-corrected chi connectivity index (χ0v) is 13.2. The quantitative estimate of drug-likeness (QED) is 0.499. The van der Waals surface area contributed by atoms with E-state index in [-0.39, 0.29) is 11.3 Å². The molecule has 0 aliphatic heterocycles. The Bertz CT molecular complexity index is 762. The van der Waals surface area contributed by atoms with Gasteiger partial charge in [-0.25, -0.2) is 9.59 Å². The average molecular weight is 328 g/mol. The molecule has 0 atom stereocenters. The van der Waals surface area contributed by atoms with E-state index in [0.717, 1.165) is 5.56 Å². The SMILES string of the molecule is COc1ccc(/C=C/C(=O)Oc2ccc(C(=O)O)cc2)cc1OC. The van der Waals surface area contributed by atoms with Crippen molar-refractivity contribution in [3.05, 3.63) is 59.7 Å². The van der Waals surface area contributed by atoms with E-state index in [0.29, 0.717) is 11.5 Å². The molecule has 2 rings (SSSR count). The third kappa shape index (κ3) is 4.36. The van der Waals surface area contributed by atoms with Crippen LogP contribution in [0.25, 0.3) is 6.08 Å². The maximum Gasteiger partial charge on any atom is 0.336 e. The fourth-order valence-electron chi connectivity index (χ4n) is 1.94. The molecule has 0 aliphatic carbocycles. The maximum atomic E-state index is 11.8. The number of carboxylic acid groups (broad SMARTS) is 1. The van der Waals surface area contributed by atoms with Crippen LogP contribution in [0, 0.1) is 0 Å². The van der Waals surface area contributed by atoms with Gasteiger partial charge in [0.2, 0.25) is 0 Å². The fraction of sp³-hybridized carbons (Fsp3) is 0.111. The van der Waals surface area contributed by atoms with Gasteiger partial charge in [-0.15, -0.1) is 0 Å². The highest BCUT2D eigenvalue weighted by Gasteiger charge is 2.06. The first kappa shape index (κ1) is 17.1. The number of methoxy groups -OCH3 is 2. The minimum absolute atomic E-state index is 0.121. The predicted molar refractivity (Wildman–Crippen MR) is 87.6 cm³/mol. The molecule has 2 aromatic rings. The molecule has 0 unspecified atom stereocenters. The van der Waals surface area contributed by atoms with Crippen LogP contribution in [0.1, 0.15) is 15.9 Å². The summed E-state index contributed by atoms with van der Waals surface area (Å²) in [7, 11) is 3.07. The van der Waals surface area contributed by atoms with Crippen molar-refractivity contribution in [1.29, 1.82) is 0 Å². The van der Waals surface area contributed by atoms with Crippen molar-refractivity contribution in [1.82, 2.24) is 0 Å². The van der Waals surface area contributed by atoms with Crippen LogP contribution in [0.2, 0.25) is 0 Å². The van der Waals surface area contributed by atoms with Crippen LogP contribution in [0.4, 0.5) is 0 Å². The summed E-state index contributed by atoms with van der Waals surface area (Å²) in [5.41, 5.74) is 0.862. The van der Waals surface area contributed by atoms with Gasteiger partial charge in [0.25, 0.3) is 0 Å².